The number of fused-ring (bicyclic) bond motifs is 1. The smallest absolute Gasteiger partial charge is 0.348 e. The summed E-state index contributed by atoms with van der Waals surface area (Å²) in [6, 6.07) is 8.25. The van der Waals surface area contributed by atoms with E-state index in [4.69, 9.17) is 0 Å². The van der Waals surface area contributed by atoms with Gasteiger partial charge in [-0.3, -0.25) is 9.59 Å². The molecule has 0 radical (unpaired) electrons. The van der Waals surface area contributed by atoms with Crippen molar-refractivity contribution >= 4 is 16.8 Å². The summed E-state index contributed by atoms with van der Waals surface area (Å²) in [6.45, 7) is -0.0362. The highest BCUT2D eigenvalue weighted by atomic mass is 19.4. The van der Waals surface area contributed by atoms with Gasteiger partial charge >= 0.3 is 6.18 Å². The van der Waals surface area contributed by atoms with Crippen molar-refractivity contribution in [2.45, 2.75) is 12.7 Å². The van der Waals surface area contributed by atoms with Crippen LogP contribution in [0.15, 0.2) is 47.3 Å². The number of carbonyl (C=O) groups excluding carboxylic acids is 1. The second kappa shape index (κ2) is 5.82. The molecule has 0 aliphatic carbocycles. The van der Waals surface area contributed by atoms with Crippen molar-refractivity contribution in [3.8, 4) is 0 Å². The Bertz CT molecular complexity index is 748. The molecule has 1 aromatic heterocycles. The highest BCUT2D eigenvalue weighted by Crippen LogP contribution is 2.16. The Morgan fingerprint density at radius 1 is 1.29 bits per heavy atom. The second-order valence-corrected chi connectivity index (χ2v) is 4.30. The van der Waals surface area contributed by atoms with Gasteiger partial charge < -0.3 is 10.3 Å². The molecule has 2 aromatic rings. The molecule has 2 rings (SSSR count). The number of H-pyrrole nitrogens is 1. The molecule has 1 aromatic carbocycles. The molecule has 0 bridgehead atoms. The number of aromatic amines is 1. The summed E-state index contributed by atoms with van der Waals surface area (Å²) < 4.78 is 35.8. The molecule has 0 saturated carbocycles. The van der Waals surface area contributed by atoms with E-state index in [-0.39, 0.29) is 18.2 Å². The number of nitrogens with one attached hydrogen (secondary N) is 2. The van der Waals surface area contributed by atoms with Crippen LogP contribution < -0.4 is 10.9 Å². The van der Waals surface area contributed by atoms with Crippen molar-refractivity contribution in [2.75, 3.05) is 0 Å². The molecular formula is C14H11F3N2O2. The summed E-state index contributed by atoms with van der Waals surface area (Å²) in [5.74, 6) is -0.878. The zero-order valence-corrected chi connectivity index (χ0v) is 10.7. The molecule has 21 heavy (non-hydrogen) atoms. The molecule has 110 valence electrons. The van der Waals surface area contributed by atoms with Gasteiger partial charge in [0.05, 0.1) is 0 Å². The molecule has 1 heterocycles. The number of benzene rings is 1. The highest BCUT2D eigenvalue weighted by Gasteiger charge is 2.22. The van der Waals surface area contributed by atoms with Crippen LogP contribution in [0.3, 0.4) is 0 Å². The Kier molecular flexibility index (Phi) is 4.11. The molecule has 0 aliphatic heterocycles. The minimum Gasteiger partial charge on any atom is -0.348 e. The minimum absolute atomic E-state index is 0.0362. The predicted molar refractivity (Wildman–Crippen MR) is 71.6 cm³/mol. The third-order valence-corrected chi connectivity index (χ3v) is 2.71. The van der Waals surface area contributed by atoms with Crippen LogP contribution in [0.1, 0.15) is 5.56 Å². The summed E-state index contributed by atoms with van der Waals surface area (Å²) in [6.07, 6.45) is -4.26. The fourth-order valence-corrected chi connectivity index (χ4v) is 1.83. The molecule has 7 heteroatoms. The van der Waals surface area contributed by atoms with Gasteiger partial charge in [0.25, 0.3) is 0 Å². The summed E-state index contributed by atoms with van der Waals surface area (Å²) in [4.78, 5) is 25.4. The van der Waals surface area contributed by atoms with E-state index in [1.54, 1.807) is 24.3 Å². The van der Waals surface area contributed by atoms with Crippen molar-refractivity contribution in [3.63, 3.8) is 0 Å². The van der Waals surface area contributed by atoms with Gasteiger partial charge in [-0.25, -0.2) is 0 Å². The largest absolute Gasteiger partial charge is 0.409 e. The maximum absolute atomic E-state index is 11.9. The second-order valence-electron chi connectivity index (χ2n) is 4.30. The Balaban J connectivity index is 2.16. The van der Waals surface area contributed by atoms with Gasteiger partial charge in [0.15, 0.2) is 0 Å². The van der Waals surface area contributed by atoms with Crippen molar-refractivity contribution in [1.29, 1.82) is 0 Å². The first kappa shape index (κ1) is 14.8. The molecule has 4 nitrogen and oxygen atoms in total. The molecule has 1 amide bonds. The van der Waals surface area contributed by atoms with Crippen LogP contribution in [-0.2, 0) is 11.3 Å². The molecule has 0 saturated heterocycles. The third-order valence-electron chi connectivity index (χ3n) is 2.71. The lowest BCUT2D eigenvalue weighted by molar-refractivity contribution is -0.117. The molecular weight excluding hydrogens is 285 g/mol. The highest BCUT2D eigenvalue weighted by molar-refractivity contribution is 5.88. The summed E-state index contributed by atoms with van der Waals surface area (Å²) in [7, 11) is 0. The van der Waals surface area contributed by atoms with Crippen LogP contribution in [0.2, 0.25) is 0 Å². The molecule has 0 atom stereocenters. The van der Waals surface area contributed by atoms with Crippen LogP contribution in [-0.4, -0.2) is 17.1 Å². The van der Waals surface area contributed by atoms with Gasteiger partial charge in [0.1, 0.15) is 0 Å². The lowest BCUT2D eigenvalue weighted by atomic mass is 10.1. The number of pyridine rings is 1. The number of rotatable bonds is 3. The SMILES string of the molecule is O=C(/C=C/C(F)(F)F)NCc1cc(=O)[nH]c2ccccc12. The molecule has 0 aliphatic rings. The van der Waals surface area contributed by atoms with Crippen molar-refractivity contribution in [3.05, 3.63) is 58.4 Å². The zero-order chi connectivity index (χ0) is 15.5. The summed E-state index contributed by atoms with van der Waals surface area (Å²) in [5.41, 5.74) is 0.784. The number of carbonyl (C=O) groups is 1. The Morgan fingerprint density at radius 2 is 2.00 bits per heavy atom. The van der Waals surface area contributed by atoms with Crippen LogP contribution >= 0.6 is 0 Å². The number of alkyl halides is 3. The van der Waals surface area contributed by atoms with Gasteiger partial charge in [-0.15, -0.1) is 0 Å². The lowest BCUT2D eigenvalue weighted by Crippen LogP contribution is -2.22. The van der Waals surface area contributed by atoms with E-state index in [0.717, 1.165) is 5.39 Å². The number of aromatic nitrogens is 1. The first-order chi connectivity index (χ1) is 9.85. The Morgan fingerprint density at radius 3 is 2.71 bits per heavy atom. The molecule has 0 unspecified atom stereocenters. The van der Waals surface area contributed by atoms with Crippen LogP contribution in [0.5, 0.6) is 0 Å². The minimum atomic E-state index is -4.53. The third kappa shape index (κ3) is 4.20. The number of allylic oxidation sites excluding steroid dienone is 1. The lowest BCUT2D eigenvalue weighted by Gasteiger charge is -2.06. The van der Waals surface area contributed by atoms with E-state index in [1.165, 1.54) is 6.07 Å². The standard InChI is InChI=1S/C14H11F3N2O2/c15-14(16,17)6-5-12(20)18-8-9-7-13(21)19-11-4-2-1-3-10(9)11/h1-7H,8H2,(H,18,20)(H,19,21)/b6-5+. The van der Waals surface area contributed by atoms with E-state index in [2.05, 4.69) is 10.3 Å². The monoisotopic (exact) mass is 296 g/mol. The first-order valence-corrected chi connectivity index (χ1v) is 6.00. The van der Waals surface area contributed by atoms with E-state index < -0.39 is 12.1 Å². The fourth-order valence-electron chi connectivity index (χ4n) is 1.83. The number of halogens is 3. The summed E-state index contributed by atoms with van der Waals surface area (Å²) in [5, 5.41) is 3.03. The molecule has 2 N–H and O–H groups in total. The molecule has 0 fully saturated rings. The fraction of sp³-hybridized carbons (Fsp3) is 0.143. The maximum Gasteiger partial charge on any atom is 0.409 e. The zero-order valence-electron chi connectivity index (χ0n) is 10.7. The average molecular weight is 296 g/mol. The van der Waals surface area contributed by atoms with Crippen molar-refractivity contribution in [1.82, 2.24) is 10.3 Å². The van der Waals surface area contributed by atoms with Gasteiger partial charge in [-0.05, 0) is 11.6 Å². The first-order valence-electron chi connectivity index (χ1n) is 6.00. The average Bonchev–Trinajstić information content (AvgIpc) is 2.41. The van der Waals surface area contributed by atoms with Gasteiger partial charge in [0.2, 0.25) is 11.5 Å². The van der Waals surface area contributed by atoms with Crippen LogP contribution in [0.25, 0.3) is 10.9 Å². The number of para-hydroxylation sites is 1. The van der Waals surface area contributed by atoms with E-state index in [9.17, 15) is 22.8 Å². The Labute approximate surface area is 117 Å². The normalized spacial score (nSPS) is 12.0. The van der Waals surface area contributed by atoms with E-state index >= 15 is 0 Å². The summed E-state index contributed by atoms with van der Waals surface area (Å²) >= 11 is 0. The van der Waals surface area contributed by atoms with Gasteiger partial charge in [-0.2, -0.15) is 13.2 Å². The van der Waals surface area contributed by atoms with Crippen LogP contribution in [0, 0.1) is 0 Å². The topological polar surface area (TPSA) is 62.0 Å². The predicted octanol–water partition coefficient (Wildman–Crippen LogP) is 2.26. The van der Waals surface area contributed by atoms with Crippen LogP contribution in [0.4, 0.5) is 13.2 Å². The van der Waals surface area contributed by atoms with E-state index in [1.807, 2.05) is 0 Å². The van der Waals surface area contributed by atoms with Gasteiger partial charge in [-0.1, -0.05) is 18.2 Å². The quantitative estimate of drug-likeness (QED) is 0.853. The number of amides is 1. The van der Waals surface area contributed by atoms with E-state index in [0.29, 0.717) is 17.2 Å². The van der Waals surface area contributed by atoms with Crippen molar-refractivity contribution in [2.24, 2.45) is 0 Å². The maximum atomic E-state index is 11.9. The van der Waals surface area contributed by atoms with Gasteiger partial charge in [0, 0.05) is 35.7 Å². The Hall–Kier alpha value is -2.57. The number of hydrogen-bond donors (Lipinski definition) is 2. The molecule has 0 spiro atoms. The number of hydrogen-bond acceptors (Lipinski definition) is 2. The van der Waals surface area contributed by atoms with Crippen molar-refractivity contribution < 1.29 is 18.0 Å².